The molecule has 0 bridgehead atoms. The van der Waals surface area contributed by atoms with E-state index >= 15 is 0 Å². The minimum Gasteiger partial charge on any atom is -0.591 e. The van der Waals surface area contributed by atoms with Crippen LogP contribution in [0.25, 0.3) is 0 Å². The molecule has 2 heterocycles. The van der Waals surface area contributed by atoms with Gasteiger partial charge in [-0.25, -0.2) is 4.86 Å². The Balaban J connectivity index is 1.96. The van der Waals surface area contributed by atoms with Crippen LogP contribution in [-0.4, -0.2) is 36.1 Å². The molecule has 0 saturated carbocycles. The van der Waals surface area contributed by atoms with Gasteiger partial charge in [0.1, 0.15) is 6.54 Å². The van der Waals surface area contributed by atoms with Gasteiger partial charge in [0.05, 0.1) is 6.54 Å². The highest BCUT2D eigenvalue weighted by Gasteiger charge is 2.31. The molecule has 0 aromatic carbocycles. The molecule has 0 aromatic rings. The van der Waals surface area contributed by atoms with Crippen molar-refractivity contribution in [2.75, 3.05) is 26.2 Å². The molecule has 0 spiro atoms. The molecule has 12 heavy (non-hydrogen) atoms. The number of nitrogens with one attached hydrogen (secondary N) is 1. The van der Waals surface area contributed by atoms with Gasteiger partial charge in [-0.05, 0) is 12.8 Å². The van der Waals surface area contributed by atoms with Crippen molar-refractivity contribution < 1.29 is 4.86 Å². The summed E-state index contributed by atoms with van der Waals surface area (Å²) in [5.74, 6) is 0. The van der Waals surface area contributed by atoms with Crippen molar-refractivity contribution in [2.45, 2.75) is 25.7 Å². The lowest BCUT2D eigenvalue weighted by molar-refractivity contribution is -1.02. The maximum absolute atomic E-state index is 12.0. The highest BCUT2D eigenvalue weighted by Crippen LogP contribution is 2.18. The molecular formula is C8H17N3O. The zero-order valence-electron chi connectivity index (χ0n) is 7.46. The molecule has 1 N–H and O–H groups in total. The van der Waals surface area contributed by atoms with E-state index in [1.54, 1.807) is 0 Å². The van der Waals surface area contributed by atoms with Crippen molar-refractivity contribution in [2.24, 2.45) is 0 Å². The van der Waals surface area contributed by atoms with E-state index in [9.17, 15) is 5.21 Å². The second kappa shape index (κ2) is 3.30. The van der Waals surface area contributed by atoms with E-state index in [0.29, 0.717) is 0 Å². The van der Waals surface area contributed by atoms with Gasteiger partial charge in [0, 0.05) is 19.5 Å². The first-order chi connectivity index (χ1) is 5.81. The molecule has 0 aliphatic carbocycles. The van der Waals surface area contributed by atoms with Gasteiger partial charge in [0.2, 0.25) is 0 Å². The van der Waals surface area contributed by atoms with Crippen LogP contribution in [0.3, 0.4) is 0 Å². The number of piperidine rings is 1. The van der Waals surface area contributed by atoms with Crippen LogP contribution in [0.4, 0.5) is 0 Å². The number of hydrogen-bond acceptors (Lipinski definition) is 3. The van der Waals surface area contributed by atoms with Crippen LogP contribution in [0.1, 0.15) is 25.7 Å². The van der Waals surface area contributed by atoms with Gasteiger partial charge in [0.15, 0.2) is 0 Å². The topological polar surface area (TPSA) is 38.3 Å². The number of nitrogens with zero attached hydrogens (tertiary/aromatic N) is 2. The quantitative estimate of drug-likeness (QED) is 0.464. The summed E-state index contributed by atoms with van der Waals surface area (Å²) in [4.78, 5) is -0.250. The summed E-state index contributed by atoms with van der Waals surface area (Å²) in [6, 6.07) is 0. The lowest BCUT2D eigenvalue weighted by Gasteiger charge is -2.46. The Morgan fingerprint density at radius 3 is 2.42 bits per heavy atom. The van der Waals surface area contributed by atoms with Crippen molar-refractivity contribution in [3.8, 4) is 0 Å². The minimum atomic E-state index is -0.250. The first-order valence-corrected chi connectivity index (χ1v) is 4.91. The minimum absolute atomic E-state index is 0.250. The van der Waals surface area contributed by atoms with Crippen molar-refractivity contribution in [3.63, 3.8) is 0 Å². The molecule has 0 amide bonds. The molecule has 2 aliphatic heterocycles. The van der Waals surface area contributed by atoms with Gasteiger partial charge in [-0.1, -0.05) is 6.42 Å². The molecule has 2 saturated heterocycles. The maximum atomic E-state index is 12.0. The smallest absolute Gasteiger partial charge is 0.116 e. The van der Waals surface area contributed by atoms with E-state index in [4.69, 9.17) is 0 Å². The highest BCUT2D eigenvalue weighted by molar-refractivity contribution is 4.60. The van der Waals surface area contributed by atoms with Crippen LogP contribution in [0.5, 0.6) is 0 Å². The summed E-state index contributed by atoms with van der Waals surface area (Å²) in [5, 5.41) is 14.0. The van der Waals surface area contributed by atoms with Crippen molar-refractivity contribution in [1.29, 1.82) is 0 Å². The molecular weight excluding hydrogens is 154 g/mol. The van der Waals surface area contributed by atoms with Gasteiger partial charge in [-0.15, -0.1) is 10.4 Å². The van der Waals surface area contributed by atoms with Crippen molar-refractivity contribution >= 4 is 0 Å². The van der Waals surface area contributed by atoms with Crippen LogP contribution < -0.4 is 5.43 Å². The predicted octanol–water partition coefficient (Wildman–Crippen LogP) is 0.610. The van der Waals surface area contributed by atoms with Gasteiger partial charge in [-0.3, -0.25) is 0 Å². The Hall–Kier alpha value is -0.160. The molecule has 70 valence electrons. The summed E-state index contributed by atoms with van der Waals surface area (Å²) in [5.41, 5.74) is 3.01. The van der Waals surface area contributed by atoms with E-state index < -0.39 is 0 Å². The maximum Gasteiger partial charge on any atom is 0.116 e. The standard InChI is InChI=1S/C8H17N3O/c12-11(8-4-5-9-11)10-6-2-1-3-7-10/h9H,1-8H2. The summed E-state index contributed by atoms with van der Waals surface area (Å²) >= 11 is 0. The van der Waals surface area contributed by atoms with E-state index in [2.05, 4.69) is 5.43 Å². The molecule has 1 atom stereocenters. The lowest BCUT2D eigenvalue weighted by atomic mass is 10.2. The zero-order chi connectivity index (χ0) is 8.44. The van der Waals surface area contributed by atoms with Crippen LogP contribution in [-0.2, 0) is 0 Å². The zero-order valence-corrected chi connectivity index (χ0v) is 7.46. The first-order valence-electron chi connectivity index (χ1n) is 4.91. The largest absolute Gasteiger partial charge is 0.591 e. The molecule has 0 aromatic heterocycles. The van der Waals surface area contributed by atoms with Crippen LogP contribution in [0.15, 0.2) is 0 Å². The Morgan fingerprint density at radius 1 is 1.08 bits per heavy atom. The lowest BCUT2D eigenvalue weighted by Crippen LogP contribution is -2.61. The van der Waals surface area contributed by atoms with Gasteiger partial charge >= 0.3 is 0 Å². The molecule has 0 radical (unpaired) electrons. The Kier molecular flexibility index (Phi) is 2.32. The third-order valence-corrected chi connectivity index (χ3v) is 2.79. The summed E-state index contributed by atoms with van der Waals surface area (Å²) in [6.45, 7) is 3.53. The van der Waals surface area contributed by atoms with Crippen LogP contribution in [0.2, 0.25) is 0 Å². The fourth-order valence-electron chi connectivity index (χ4n) is 2.07. The number of hydroxylamine groups is 1. The number of hydrogen-bond donors (Lipinski definition) is 1. The van der Waals surface area contributed by atoms with Gasteiger partial charge in [-0.2, -0.15) is 0 Å². The number of quaternary nitrogens is 1. The SMILES string of the molecule is [O-][N+]1(N2CCCCC2)CCCN1. The van der Waals surface area contributed by atoms with Crippen LogP contribution >= 0.6 is 0 Å². The first kappa shape index (κ1) is 8.44. The summed E-state index contributed by atoms with van der Waals surface area (Å²) in [6.07, 6.45) is 4.67. The average molecular weight is 171 g/mol. The Bertz CT molecular complexity index is 150. The predicted molar refractivity (Wildman–Crippen MR) is 46.5 cm³/mol. The second-order valence-electron chi connectivity index (χ2n) is 3.70. The van der Waals surface area contributed by atoms with E-state index in [-0.39, 0.29) is 4.86 Å². The van der Waals surface area contributed by atoms with Crippen molar-refractivity contribution in [1.82, 2.24) is 10.4 Å². The average Bonchev–Trinajstić information content (AvgIpc) is 2.55. The van der Waals surface area contributed by atoms with Crippen molar-refractivity contribution in [3.05, 3.63) is 5.21 Å². The monoisotopic (exact) mass is 171 g/mol. The molecule has 2 aliphatic rings. The van der Waals surface area contributed by atoms with Gasteiger partial charge < -0.3 is 5.21 Å². The van der Waals surface area contributed by atoms with Crippen LogP contribution in [0, 0.1) is 5.21 Å². The summed E-state index contributed by atoms with van der Waals surface area (Å²) in [7, 11) is 0. The molecule has 4 nitrogen and oxygen atoms in total. The van der Waals surface area contributed by atoms with E-state index in [0.717, 1.165) is 32.6 Å². The third-order valence-electron chi connectivity index (χ3n) is 2.79. The Morgan fingerprint density at radius 2 is 1.83 bits per heavy atom. The number of rotatable bonds is 1. The fraction of sp³-hybridized carbons (Fsp3) is 1.00. The highest BCUT2D eigenvalue weighted by atomic mass is 16.7. The second-order valence-corrected chi connectivity index (χ2v) is 3.70. The molecule has 1 unspecified atom stereocenters. The van der Waals surface area contributed by atoms with E-state index in [1.165, 1.54) is 19.3 Å². The third kappa shape index (κ3) is 1.47. The Labute approximate surface area is 73.3 Å². The molecule has 4 heteroatoms. The fourth-order valence-corrected chi connectivity index (χ4v) is 2.07. The molecule has 2 fully saturated rings. The normalized spacial score (nSPS) is 38.8. The summed E-state index contributed by atoms with van der Waals surface area (Å²) < 4.78 is 0. The molecule has 2 rings (SSSR count). The van der Waals surface area contributed by atoms with Gasteiger partial charge in [0.25, 0.3) is 0 Å². The van der Waals surface area contributed by atoms with E-state index in [1.807, 2.05) is 5.01 Å².